The molecule has 1 N–H and O–H groups in total. The van der Waals surface area contributed by atoms with Crippen molar-refractivity contribution in [2.24, 2.45) is 0 Å². The van der Waals surface area contributed by atoms with Gasteiger partial charge < -0.3 is 9.47 Å². The van der Waals surface area contributed by atoms with E-state index >= 15 is 0 Å². The second-order valence-electron chi connectivity index (χ2n) is 5.25. The summed E-state index contributed by atoms with van der Waals surface area (Å²) in [6.07, 6.45) is 0. The van der Waals surface area contributed by atoms with Crippen molar-refractivity contribution in [1.82, 2.24) is 4.72 Å². The highest BCUT2D eigenvalue weighted by molar-refractivity contribution is 7.89. The van der Waals surface area contributed by atoms with E-state index in [1.54, 1.807) is 37.3 Å². The lowest BCUT2D eigenvalue weighted by Gasteiger charge is -2.10. The van der Waals surface area contributed by atoms with Crippen LogP contribution in [-0.4, -0.2) is 28.0 Å². The van der Waals surface area contributed by atoms with Crippen LogP contribution < -0.4 is 14.2 Å². The minimum Gasteiger partial charge on any atom is -0.497 e. The van der Waals surface area contributed by atoms with Crippen LogP contribution in [0.2, 0.25) is 0 Å². The molecule has 128 valence electrons. The van der Waals surface area contributed by atoms with Crippen LogP contribution in [0, 0.1) is 13.8 Å². The molecule has 0 spiro atoms. The van der Waals surface area contributed by atoms with Gasteiger partial charge in [-0.2, -0.15) is 4.72 Å². The molecule has 2 aromatic rings. The molecule has 0 fully saturated rings. The molecule has 0 aliphatic carbocycles. The standard InChI is InChI=1S/C17H19NO5S/c1-12-5-4-6-15(9-12)23-17(19)11-18-24(20,21)16-8-7-14(22-3)10-13(16)2/h4-10,18H,11H2,1-3H3. The molecule has 0 aliphatic heterocycles. The monoisotopic (exact) mass is 349 g/mol. The number of hydrogen-bond donors (Lipinski definition) is 1. The van der Waals surface area contributed by atoms with Gasteiger partial charge in [0.25, 0.3) is 0 Å². The SMILES string of the molecule is COc1ccc(S(=O)(=O)NCC(=O)Oc2cccc(C)c2)c(C)c1. The van der Waals surface area contributed by atoms with E-state index in [4.69, 9.17) is 9.47 Å². The molecule has 0 unspecified atom stereocenters. The van der Waals surface area contributed by atoms with E-state index in [9.17, 15) is 13.2 Å². The van der Waals surface area contributed by atoms with E-state index < -0.39 is 22.5 Å². The smallest absolute Gasteiger partial charge is 0.326 e. The fourth-order valence-electron chi connectivity index (χ4n) is 2.13. The van der Waals surface area contributed by atoms with Gasteiger partial charge in [-0.05, 0) is 55.3 Å². The first kappa shape index (κ1) is 18.0. The summed E-state index contributed by atoms with van der Waals surface area (Å²) in [5.74, 6) is 0.250. The zero-order valence-corrected chi connectivity index (χ0v) is 14.5. The molecule has 0 aliphatic rings. The van der Waals surface area contributed by atoms with Gasteiger partial charge in [0.15, 0.2) is 0 Å². The number of nitrogens with one attached hydrogen (secondary N) is 1. The van der Waals surface area contributed by atoms with Crippen LogP contribution in [0.1, 0.15) is 11.1 Å². The van der Waals surface area contributed by atoms with Gasteiger partial charge in [0.2, 0.25) is 10.0 Å². The van der Waals surface area contributed by atoms with Crippen molar-refractivity contribution in [3.05, 3.63) is 53.6 Å². The number of carbonyl (C=O) groups excluding carboxylic acids is 1. The second kappa shape index (κ2) is 7.46. The Labute approximate surface area is 141 Å². The maximum Gasteiger partial charge on any atom is 0.326 e. The van der Waals surface area contributed by atoms with Crippen molar-refractivity contribution in [3.8, 4) is 11.5 Å². The molecule has 0 saturated heterocycles. The fraction of sp³-hybridized carbons (Fsp3) is 0.235. The van der Waals surface area contributed by atoms with Gasteiger partial charge in [-0.25, -0.2) is 8.42 Å². The second-order valence-corrected chi connectivity index (χ2v) is 6.98. The molecule has 6 nitrogen and oxygen atoms in total. The van der Waals surface area contributed by atoms with E-state index in [0.29, 0.717) is 17.1 Å². The maximum absolute atomic E-state index is 12.3. The van der Waals surface area contributed by atoms with E-state index in [0.717, 1.165) is 5.56 Å². The Balaban J connectivity index is 2.03. The molecule has 0 atom stereocenters. The van der Waals surface area contributed by atoms with E-state index in [2.05, 4.69) is 4.72 Å². The van der Waals surface area contributed by atoms with Crippen LogP contribution in [0.5, 0.6) is 11.5 Å². The van der Waals surface area contributed by atoms with Gasteiger partial charge in [0.1, 0.15) is 18.0 Å². The lowest BCUT2D eigenvalue weighted by atomic mass is 10.2. The highest BCUT2D eigenvalue weighted by atomic mass is 32.2. The summed E-state index contributed by atoms with van der Waals surface area (Å²) in [7, 11) is -2.32. The molecule has 2 rings (SSSR count). The number of aryl methyl sites for hydroxylation is 2. The lowest BCUT2D eigenvalue weighted by molar-refractivity contribution is -0.133. The Morgan fingerprint density at radius 2 is 1.83 bits per heavy atom. The molecule has 7 heteroatoms. The van der Waals surface area contributed by atoms with Gasteiger partial charge in [0.05, 0.1) is 12.0 Å². The molecule has 2 aromatic carbocycles. The summed E-state index contributed by atoms with van der Waals surface area (Å²) in [4.78, 5) is 11.9. The predicted octanol–water partition coefficient (Wildman–Crippen LogP) is 2.20. The highest BCUT2D eigenvalue weighted by Gasteiger charge is 2.19. The van der Waals surface area contributed by atoms with Crippen LogP contribution in [0.25, 0.3) is 0 Å². The third-order valence-electron chi connectivity index (χ3n) is 3.30. The summed E-state index contributed by atoms with van der Waals surface area (Å²) < 4.78 is 37.0. The molecule has 0 aromatic heterocycles. The highest BCUT2D eigenvalue weighted by Crippen LogP contribution is 2.20. The maximum atomic E-state index is 12.3. The molecule has 24 heavy (non-hydrogen) atoms. The first-order valence-corrected chi connectivity index (χ1v) is 8.72. The summed E-state index contributed by atoms with van der Waals surface area (Å²) in [5.41, 5.74) is 1.46. The van der Waals surface area contributed by atoms with Crippen molar-refractivity contribution in [2.45, 2.75) is 18.7 Å². The molecule has 0 saturated carbocycles. The van der Waals surface area contributed by atoms with Crippen LogP contribution in [0.15, 0.2) is 47.4 Å². The molecule has 0 radical (unpaired) electrons. The van der Waals surface area contributed by atoms with Gasteiger partial charge >= 0.3 is 5.97 Å². The Bertz CT molecular complexity index is 846. The van der Waals surface area contributed by atoms with Gasteiger partial charge in [-0.1, -0.05) is 12.1 Å². The van der Waals surface area contributed by atoms with Gasteiger partial charge in [-0.3, -0.25) is 4.79 Å². The topological polar surface area (TPSA) is 81.7 Å². The number of rotatable bonds is 6. The number of esters is 1. The minimum atomic E-state index is -3.82. The summed E-state index contributed by atoms with van der Waals surface area (Å²) in [6, 6.07) is 11.5. The summed E-state index contributed by atoms with van der Waals surface area (Å²) in [6.45, 7) is 3.07. The zero-order chi connectivity index (χ0) is 17.7. The van der Waals surface area contributed by atoms with E-state index in [1.165, 1.54) is 13.2 Å². The van der Waals surface area contributed by atoms with Crippen molar-refractivity contribution in [2.75, 3.05) is 13.7 Å². The Morgan fingerprint density at radius 3 is 2.46 bits per heavy atom. The van der Waals surface area contributed by atoms with Crippen LogP contribution in [0.4, 0.5) is 0 Å². The number of methoxy groups -OCH3 is 1. The largest absolute Gasteiger partial charge is 0.497 e. The normalized spacial score (nSPS) is 11.1. The molecule has 0 amide bonds. The van der Waals surface area contributed by atoms with Crippen LogP contribution in [0.3, 0.4) is 0 Å². The van der Waals surface area contributed by atoms with Crippen molar-refractivity contribution < 1.29 is 22.7 Å². The van der Waals surface area contributed by atoms with Gasteiger partial charge in [0, 0.05) is 0 Å². The quantitative estimate of drug-likeness (QED) is 0.639. The van der Waals surface area contributed by atoms with Crippen molar-refractivity contribution in [1.29, 1.82) is 0 Å². The number of hydrogen-bond acceptors (Lipinski definition) is 5. The summed E-state index contributed by atoms with van der Waals surface area (Å²) in [5, 5.41) is 0. The molecule has 0 bridgehead atoms. The number of ether oxygens (including phenoxy) is 2. The van der Waals surface area contributed by atoms with E-state index in [1.807, 2.05) is 13.0 Å². The van der Waals surface area contributed by atoms with Crippen LogP contribution >= 0.6 is 0 Å². The van der Waals surface area contributed by atoms with Crippen molar-refractivity contribution >= 4 is 16.0 Å². The lowest BCUT2D eigenvalue weighted by Crippen LogP contribution is -2.32. The molecular formula is C17H19NO5S. The van der Waals surface area contributed by atoms with Gasteiger partial charge in [-0.15, -0.1) is 0 Å². The average Bonchev–Trinajstić information content (AvgIpc) is 2.52. The zero-order valence-electron chi connectivity index (χ0n) is 13.7. The Kier molecular flexibility index (Phi) is 5.58. The third-order valence-corrected chi connectivity index (χ3v) is 4.86. The fourth-order valence-corrected chi connectivity index (χ4v) is 3.32. The Hall–Kier alpha value is -2.38. The predicted molar refractivity (Wildman–Crippen MR) is 89.7 cm³/mol. The first-order valence-electron chi connectivity index (χ1n) is 7.23. The van der Waals surface area contributed by atoms with E-state index in [-0.39, 0.29) is 4.90 Å². The molecule has 0 heterocycles. The first-order chi connectivity index (χ1) is 11.3. The Morgan fingerprint density at radius 1 is 1.08 bits per heavy atom. The summed E-state index contributed by atoms with van der Waals surface area (Å²) >= 11 is 0. The number of carbonyl (C=O) groups is 1. The number of sulfonamides is 1. The van der Waals surface area contributed by atoms with Crippen molar-refractivity contribution in [3.63, 3.8) is 0 Å². The average molecular weight is 349 g/mol. The molecular weight excluding hydrogens is 330 g/mol. The number of benzene rings is 2. The third kappa shape index (κ3) is 4.56. The van der Waals surface area contributed by atoms with Crippen LogP contribution in [-0.2, 0) is 14.8 Å². The minimum absolute atomic E-state index is 0.0895.